The third-order valence-electron chi connectivity index (χ3n) is 5.59. The summed E-state index contributed by atoms with van der Waals surface area (Å²) in [4.78, 5) is 18.8. The van der Waals surface area contributed by atoms with Crippen molar-refractivity contribution in [2.75, 3.05) is 20.2 Å². The fourth-order valence-corrected chi connectivity index (χ4v) is 3.71. The Morgan fingerprint density at radius 3 is 2.27 bits per heavy atom. The van der Waals surface area contributed by atoms with Crippen molar-refractivity contribution in [2.45, 2.75) is 52.7 Å². The smallest absolute Gasteiger partial charge is 0.223 e. The Hall–Kier alpha value is -2.29. The van der Waals surface area contributed by atoms with Gasteiger partial charge in [0.05, 0.1) is 12.6 Å². The normalized spacial score (nSPS) is 13.8. The number of rotatable bonds is 9. The number of fused-ring (bicyclic) bond motifs is 1. The fourth-order valence-electron chi connectivity index (χ4n) is 3.71. The lowest BCUT2D eigenvalue weighted by molar-refractivity contribution is -0.131. The van der Waals surface area contributed by atoms with E-state index in [-0.39, 0.29) is 35.9 Å². The van der Waals surface area contributed by atoms with E-state index < -0.39 is 0 Å². The first-order valence-corrected chi connectivity index (χ1v) is 11.5. The largest absolute Gasteiger partial charge is 0.493 e. The van der Waals surface area contributed by atoms with Gasteiger partial charge in [-0.3, -0.25) is 9.79 Å². The molecule has 1 atom stereocenters. The van der Waals surface area contributed by atoms with E-state index in [0.29, 0.717) is 18.9 Å². The summed E-state index contributed by atoms with van der Waals surface area (Å²) in [5, 5.41) is 6.73. The molecule has 0 aliphatic carbocycles. The van der Waals surface area contributed by atoms with Crippen LogP contribution in [-0.4, -0.2) is 37.0 Å². The molecular formula is C26H37IN4O2. The predicted molar refractivity (Wildman–Crippen MR) is 145 cm³/mol. The Kier molecular flexibility index (Phi) is 11.0. The van der Waals surface area contributed by atoms with Crippen LogP contribution in [0.2, 0.25) is 0 Å². The van der Waals surface area contributed by atoms with Gasteiger partial charge in [-0.1, -0.05) is 50.2 Å². The highest BCUT2D eigenvalue weighted by atomic mass is 127. The van der Waals surface area contributed by atoms with Crippen molar-refractivity contribution >= 4 is 35.8 Å². The summed E-state index contributed by atoms with van der Waals surface area (Å²) in [6.07, 6.45) is 1.30. The van der Waals surface area contributed by atoms with Crippen LogP contribution < -0.4 is 15.4 Å². The van der Waals surface area contributed by atoms with Crippen LogP contribution >= 0.6 is 24.0 Å². The van der Waals surface area contributed by atoms with Gasteiger partial charge in [-0.25, -0.2) is 0 Å². The van der Waals surface area contributed by atoms with Gasteiger partial charge in [-0.2, -0.15) is 0 Å². The standard InChI is InChI=1S/C26H36N4O2.HI/c1-19(2)18-32-24-13-11-21(12-14-24)20(3)29-26(27-4)28-15-7-10-25(31)30-16-22-8-5-6-9-23(22)17-30;/h5-6,8-9,11-14,19-20H,7,10,15-18H2,1-4H3,(H2,27,28,29);1H. The lowest BCUT2D eigenvalue weighted by Gasteiger charge is -2.19. The van der Waals surface area contributed by atoms with Gasteiger partial charge in [0.2, 0.25) is 5.91 Å². The molecule has 1 heterocycles. The molecule has 2 aromatic carbocycles. The Balaban J connectivity index is 0.00000385. The van der Waals surface area contributed by atoms with Crippen LogP contribution in [0.25, 0.3) is 0 Å². The molecule has 2 aromatic rings. The van der Waals surface area contributed by atoms with Crippen LogP contribution in [0.15, 0.2) is 53.5 Å². The second-order valence-corrected chi connectivity index (χ2v) is 8.76. The van der Waals surface area contributed by atoms with Crippen molar-refractivity contribution in [1.82, 2.24) is 15.5 Å². The number of guanidine groups is 1. The molecule has 0 aromatic heterocycles. The summed E-state index contributed by atoms with van der Waals surface area (Å²) < 4.78 is 5.76. The van der Waals surface area contributed by atoms with E-state index in [1.165, 1.54) is 11.1 Å². The number of ether oxygens (including phenoxy) is 1. The van der Waals surface area contributed by atoms with E-state index in [1.807, 2.05) is 29.2 Å². The first kappa shape index (κ1) is 27.0. The number of aliphatic imine (C=N–C) groups is 1. The van der Waals surface area contributed by atoms with Gasteiger partial charge in [0.15, 0.2) is 5.96 Å². The van der Waals surface area contributed by atoms with E-state index in [4.69, 9.17) is 4.74 Å². The summed E-state index contributed by atoms with van der Waals surface area (Å²) in [6.45, 7) is 9.25. The third kappa shape index (κ3) is 8.21. The summed E-state index contributed by atoms with van der Waals surface area (Å²) in [5.41, 5.74) is 3.68. The number of amides is 1. The molecule has 0 fully saturated rings. The first-order chi connectivity index (χ1) is 15.5. The van der Waals surface area contributed by atoms with Crippen molar-refractivity contribution in [3.05, 3.63) is 65.2 Å². The molecule has 1 amide bonds. The van der Waals surface area contributed by atoms with Gasteiger partial charge in [-0.05, 0) is 48.1 Å². The zero-order valence-corrected chi connectivity index (χ0v) is 22.5. The molecule has 1 aliphatic rings. The minimum atomic E-state index is 0. The van der Waals surface area contributed by atoms with Crippen molar-refractivity contribution < 1.29 is 9.53 Å². The maximum absolute atomic E-state index is 12.5. The fraction of sp³-hybridized carbons (Fsp3) is 0.462. The second-order valence-electron chi connectivity index (χ2n) is 8.76. The number of nitrogens with one attached hydrogen (secondary N) is 2. The molecule has 1 unspecified atom stereocenters. The molecule has 0 spiro atoms. The van der Waals surface area contributed by atoms with Gasteiger partial charge >= 0.3 is 0 Å². The van der Waals surface area contributed by atoms with Gasteiger partial charge in [-0.15, -0.1) is 24.0 Å². The van der Waals surface area contributed by atoms with Gasteiger partial charge in [0, 0.05) is 33.1 Å². The average Bonchev–Trinajstić information content (AvgIpc) is 3.24. The van der Waals surface area contributed by atoms with Gasteiger partial charge < -0.3 is 20.3 Å². The Morgan fingerprint density at radius 1 is 1.06 bits per heavy atom. The molecule has 1 aliphatic heterocycles. The first-order valence-electron chi connectivity index (χ1n) is 11.5. The van der Waals surface area contributed by atoms with E-state index in [9.17, 15) is 4.79 Å². The molecule has 0 saturated heterocycles. The zero-order chi connectivity index (χ0) is 22.9. The molecule has 0 bridgehead atoms. The quantitative estimate of drug-likeness (QED) is 0.197. The summed E-state index contributed by atoms with van der Waals surface area (Å²) >= 11 is 0. The van der Waals surface area contributed by atoms with E-state index in [1.54, 1.807) is 7.05 Å². The molecular weight excluding hydrogens is 527 g/mol. The van der Waals surface area contributed by atoms with Crippen LogP contribution in [0, 0.1) is 5.92 Å². The number of nitrogens with zero attached hydrogens (tertiary/aromatic N) is 2. The molecule has 2 N–H and O–H groups in total. The second kappa shape index (κ2) is 13.4. The minimum Gasteiger partial charge on any atom is -0.493 e. The van der Waals surface area contributed by atoms with E-state index in [2.05, 4.69) is 60.7 Å². The number of carbonyl (C=O) groups excluding carboxylic acids is 1. The lowest BCUT2D eigenvalue weighted by Crippen LogP contribution is -2.39. The number of halogens is 1. The van der Waals surface area contributed by atoms with Crippen LogP contribution in [0.5, 0.6) is 5.75 Å². The highest BCUT2D eigenvalue weighted by molar-refractivity contribution is 14.0. The molecule has 7 heteroatoms. The van der Waals surface area contributed by atoms with Crippen LogP contribution in [0.1, 0.15) is 56.3 Å². The summed E-state index contributed by atoms with van der Waals surface area (Å²) in [6, 6.07) is 16.5. The number of hydrogen-bond acceptors (Lipinski definition) is 3. The minimum absolute atomic E-state index is 0. The Morgan fingerprint density at radius 2 is 1.70 bits per heavy atom. The Bertz CT molecular complexity index is 890. The monoisotopic (exact) mass is 564 g/mol. The number of carbonyl (C=O) groups is 1. The molecule has 3 rings (SSSR count). The highest BCUT2D eigenvalue weighted by Gasteiger charge is 2.22. The summed E-state index contributed by atoms with van der Waals surface area (Å²) in [5.74, 6) is 2.34. The molecule has 33 heavy (non-hydrogen) atoms. The van der Waals surface area contributed by atoms with Crippen LogP contribution in [-0.2, 0) is 17.9 Å². The third-order valence-corrected chi connectivity index (χ3v) is 5.59. The van der Waals surface area contributed by atoms with Crippen molar-refractivity contribution in [1.29, 1.82) is 0 Å². The van der Waals surface area contributed by atoms with Crippen molar-refractivity contribution in [3.8, 4) is 5.75 Å². The Labute approximate surface area is 215 Å². The molecule has 0 saturated carbocycles. The maximum atomic E-state index is 12.5. The number of hydrogen-bond donors (Lipinski definition) is 2. The van der Waals surface area contributed by atoms with E-state index in [0.717, 1.165) is 43.4 Å². The van der Waals surface area contributed by atoms with Crippen LogP contribution in [0.4, 0.5) is 0 Å². The molecule has 180 valence electrons. The van der Waals surface area contributed by atoms with Gasteiger partial charge in [0.1, 0.15) is 5.75 Å². The number of benzene rings is 2. The molecule has 6 nitrogen and oxygen atoms in total. The van der Waals surface area contributed by atoms with Crippen LogP contribution in [0.3, 0.4) is 0 Å². The SMILES string of the molecule is CN=C(NCCCC(=O)N1Cc2ccccc2C1)NC(C)c1ccc(OCC(C)C)cc1.I. The van der Waals surface area contributed by atoms with Crippen molar-refractivity contribution in [3.63, 3.8) is 0 Å². The lowest BCUT2D eigenvalue weighted by atomic mass is 10.1. The zero-order valence-electron chi connectivity index (χ0n) is 20.1. The van der Waals surface area contributed by atoms with Gasteiger partial charge in [0.25, 0.3) is 0 Å². The average molecular weight is 565 g/mol. The van der Waals surface area contributed by atoms with Crippen molar-refractivity contribution in [2.24, 2.45) is 10.9 Å². The predicted octanol–water partition coefficient (Wildman–Crippen LogP) is 4.89. The summed E-state index contributed by atoms with van der Waals surface area (Å²) in [7, 11) is 1.76. The molecule has 0 radical (unpaired) electrons. The highest BCUT2D eigenvalue weighted by Crippen LogP contribution is 2.23. The maximum Gasteiger partial charge on any atom is 0.223 e. The van der Waals surface area contributed by atoms with E-state index >= 15 is 0 Å². The topological polar surface area (TPSA) is 66.0 Å².